The average molecular weight is 280 g/mol. The van der Waals surface area contributed by atoms with Crippen LogP contribution in [0.15, 0.2) is 36.4 Å². The Bertz CT molecular complexity index is 712. The number of hydrogen-bond acceptors (Lipinski definition) is 4. The van der Waals surface area contributed by atoms with Crippen LogP contribution in [0.25, 0.3) is 10.9 Å². The van der Waals surface area contributed by atoms with E-state index in [4.69, 9.17) is 4.55 Å². The summed E-state index contributed by atoms with van der Waals surface area (Å²) in [4.78, 5) is 15.9. The van der Waals surface area contributed by atoms with Gasteiger partial charge in [0.2, 0.25) is 0 Å². The Morgan fingerprint density at radius 2 is 1.95 bits per heavy atom. The van der Waals surface area contributed by atoms with E-state index in [1.807, 2.05) is 18.2 Å². The predicted molar refractivity (Wildman–Crippen MR) is 70.5 cm³/mol. The number of benzene rings is 1. The van der Waals surface area contributed by atoms with E-state index in [1.165, 1.54) is 0 Å². The third-order valence-corrected chi connectivity index (χ3v) is 3.20. The van der Waals surface area contributed by atoms with Crippen molar-refractivity contribution < 1.29 is 17.8 Å². The number of carbonyl (C=O) groups is 1. The molecular weight excluding hydrogens is 268 g/mol. The van der Waals surface area contributed by atoms with Gasteiger partial charge in [-0.3, -0.25) is 9.35 Å². The Labute approximate surface area is 110 Å². The molecule has 0 aliphatic heterocycles. The third kappa shape index (κ3) is 3.73. The van der Waals surface area contributed by atoms with E-state index >= 15 is 0 Å². The van der Waals surface area contributed by atoms with E-state index in [2.05, 4.69) is 10.3 Å². The lowest BCUT2D eigenvalue weighted by atomic mass is 10.2. The van der Waals surface area contributed by atoms with E-state index in [0.717, 1.165) is 5.39 Å². The number of nitrogens with zero attached hydrogens (tertiary/aromatic N) is 1. The molecule has 0 aliphatic carbocycles. The lowest BCUT2D eigenvalue weighted by Gasteiger charge is -2.04. The number of fused-ring (bicyclic) bond motifs is 1. The van der Waals surface area contributed by atoms with E-state index < -0.39 is 21.8 Å². The maximum absolute atomic E-state index is 11.7. The number of para-hydroxylation sites is 1. The smallest absolute Gasteiger partial charge is 0.269 e. The van der Waals surface area contributed by atoms with Gasteiger partial charge in [0.05, 0.1) is 11.3 Å². The normalized spacial score (nSPS) is 11.4. The number of rotatable bonds is 4. The maximum atomic E-state index is 11.7. The number of hydrogen-bond donors (Lipinski definition) is 2. The minimum atomic E-state index is -4.07. The minimum absolute atomic E-state index is 0.161. The van der Waals surface area contributed by atoms with Gasteiger partial charge in [-0.25, -0.2) is 4.98 Å². The van der Waals surface area contributed by atoms with E-state index in [-0.39, 0.29) is 12.2 Å². The van der Waals surface area contributed by atoms with Crippen LogP contribution in [0.2, 0.25) is 0 Å². The minimum Gasteiger partial charge on any atom is -0.350 e. The lowest BCUT2D eigenvalue weighted by Crippen LogP contribution is -2.29. The topological polar surface area (TPSA) is 96.4 Å². The highest BCUT2D eigenvalue weighted by Gasteiger charge is 2.10. The number of pyridine rings is 1. The van der Waals surface area contributed by atoms with Gasteiger partial charge in [-0.2, -0.15) is 8.42 Å². The average Bonchev–Trinajstić information content (AvgIpc) is 2.36. The van der Waals surface area contributed by atoms with Gasteiger partial charge in [-0.05, 0) is 12.1 Å². The zero-order valence-electron chi connectivity index (χ0n) is 9.91. The summed E-state index contributed by atoms with van der Waals surface area (Å²) in [6.07, 6.45) is 0. The molecule has 0 bridgehead atoms. The van der Waals surface area contributed by atoms with Gasteiger partial charge in [0.25, 0.3) is 16.0 Å². The molecule has 1 heterocycles. The van der Waals surface area contributed by atoms with Crippen LogP contribution in [0.4, 0.5) is 0 Å². The summed E-state index contributed by atoms with van der Waals surface area (Å²) >= 11 is 0. The van der Waals surface area contributed by atoms with Crippen molar-refractivity contribution in [2.75, 3.05) is 12.3 Å². The Balaban J connectivity index is 2.09. The fourth-order valence-electron chi connectivity index (χ4n) is 1.58. The summed E-state index contributed by atoms with van der Waals surface area (Å²) in [6, 6.07) is 10.7. The largest absolute Gasteiger partial charge is 0.350 e. The van der Waals surface area contributed by atoms with Crippen molar-refractivity contribution in [1.82, 2.24) is 10.3 Å². The third-order valence-electron chi connectivity index (χ3n) is 2.48. The Hall–Kier alpha value is -1.99. The molecule has 0 saturated heterocycles. The van der Waals surface area contributed by atoms with Crippen LogP contribution >= 0.6 is 0 Å². The molecule has 19 heavy (non-hydrogen) atoms. The molecule has 1 amide bonds. The molecule has 0 unspecified atom stereocenters. The quantitative estimate of drug-likeness (QED) is 0.809. The van der Waals surface area contributed by atoms with Crippen LogP contribution in [0.1, 0.15) is 10.5 Å². The Kier molecular flexibility index (Phi) is 3.77. The predicted octanol–water partition coefficient (Wildman–Crippen LogP) is 0.852. The highest BCUT2D eigenvalue weighted by Crippen LogP contribution is 2.11. The molecule has 0 spiro atoms. The first kappa shape index (κ1) is 13.4. The number of nitrogens with one attached hydrogen (secondary N) is 1. The summed E-state index contributed by atoms with van der Waals surface area (Å²) in [5, 5.41) is 3.29. The van der Waals surface area contributed by atoms with E-state index in [0.29, 0.717) is 5.52 Å². The zero-order chi connectivity index (χ0) is 13.9. The van der Waals surface area contributed by atoms with Crippen LogP contribution in [0.5, 0.6) is 0 Å². The summed E-state index contributed by atoms with van der Waals surface area (Å²) < 4.78 is 29.6. The van der Waals surface area contributed by atoms with Gasteiger partial charge in [0, 0.05) is 11.9 Å². The SMILES string of the molecule is O=C(NCCS(=O)(=O)O)c1ccc2ccccc2n1. The highest BCUT2D eigenvalue weighted by molar-refractivity contribution is 7.85. The maximum Gasteiger partial charge on any atom is 0.269 e. The molecule has 100 valence electrons. The number of carbonyl (C=O) groups excluding carboxylic acids is 1. The summed E-state index contributed by atoms with van der Waals surface area (Å²) in [6.45, 7) is -0.161. The van der Waals surface area contributed by atoms with Crippen molar-refractivity contribution in [2.24, 2.45) is 0 Å². The lowest BCUT2D eigenvalue weighted by molar-refractivity contribution is 0.0951. The number of amides is 1. The first-order valence-electron chi connectivity index (χ1n) is 5.55. The van der Waals surface area contributed by atoms with Crippen molar-refractivity contribution in [3.63, 3.8) is 0 Å². The molecule has 2 N–H and O–H groups in total. The Morgan fingerprint density at radius 1 is 1.21 bits per heavy atom. The van der Waals surface area contributed by atoms with E-state index in [1.54, 1.807) is 18.2 Å². The van der Waals surface area contributed by atoms with Gasteiger partial charge < -0.3 is 5.32 Å². The molecule has 0 atom stereocenters. The summed E-state index contributed by atoms with van der Waals surface area (Å²) in [5.74, 6) is -0.999. The second-order valence-electron chi connectivity index (χ2n) is 3.93. The van der Waals surface area contributed by atoms with Gasteiger partial charge in [0.1, 0.15) is 5.69 Å². The van der Waals surface area contributed by atoms with Crippen LogP contribution in [0, 0.1) is 0 Å². The second kappa shape index (κ2) is 5.33. The molecule has 0 radical (unpaired) electrons. The molecule has 0 fully saturated rings. The second-order valence-corrected chi connectivity index (χ2v) is 5.50. The molecule has 0 aliphatic rings. The molecule has 1 aromatic heterocycles. The van der Waals surface area contributed by atoms with Gasteiger partial charge in [-0.1, -0.05) is 24.3 Å². The fourth-order valence-corrected chi connectivity index (χ4v) is 1.94. The highest BCUT2D eigenvalue weighted by atomic mass is 32.2. The Morgan fingerprint density at radius 3 is 2.68 bits per heavy atom. The molecular formula is C12H12N2O4S. The molecule has 6 nitrogen and oxygen atoms in total. The monoisotopic (exact) mass is 280 g/mol. The first-order chi connectivity index (χ1) is 8.96. The van der Waals surface area contributed by atoms with Crippen LogP contribution in [-0.2, 0) is 10.1 Å². The fraction of sp³-hybridized carbons (Fsp3) is 0.167. The van der Waals surface area contributed by atoms with Crippen LogP contribution < -0.4 is 5.32 Å². The zero-order valence-corrected chi connectivity index (χ0v) is 10.7. The van der Waals surface area contributed by atoms with Crippen molar-refractivity contribution in [1.29, 1.82) is 0 Å². The van der Waals surface area contributed by atoms with Crippen molar-refractivity contribution >= 4 is 26.9 Å². The number of aromatic nitrogens is 1. The van der Waals surface area contributed by atoms with Gasteiger partial charge in [0.15, 0.2) is 0 Å². The van der Waals surface area contributed by atoms with Gasteiger partial charge >= 0.3 is 0 Å². The molecule has 2 aromatic rings. The molecule has 1 aromatic carbocycles. The molecule has 0 saturated carbocycles. The van der Waals surface area contributed by atoms with Crippen LogP contribution in [0.3, 0.4) is 0 Å². The standard InChI is InChI=1S/C12H12N2O4S/c15-12(13-7-8-19(16,17)18)11-6-5-9-3-1-2-4-10(9)14-11/h1-6H,7-8H2,(H,13,15)(H,16,17,18). The van der Waals surface area contributed by atoms with Crippen molar-refractivity contribution in [2.45, 2.75) is 0 Å². The summed E-state index contributed by atoms with van der Waals surface area (Å²) in [5.41, 5.74) is 0.888. The van der Waals surface area contributed by atoms with Crippen molar-refractivity contribution in [3.05, 3.63) is 42.1 Å². The van der Waals surface area contributed by atoms with E-state index in [9.17, 15) is 13.2 Å². The van der Waals surface area contributed by atoms with Gasteiger partial charge in [-0.15, -0.1) is 0 Å². The molecule has 2 rings (SSSR count). The summed E-state index contributed by atoms with van der Waals surface area (Å²) in [7, 11) is -4.07. The van der Waals surface area contributed by atoms with Crippen molar-refractivity contribution in [3.8, 4) is 0 Å². The van der Waals surface area contributed by atoms with Crippen LogP contribution in [-0.4, -0.2) is 36.2 Å². The molecule has 7 heteroatoms. The first-order valence-corrected chi connectivity index (χ1v) is 7.16.